The van der Waals surface area contributed by atoms with Crippen LogP contribution >= 0.6 is 0 Å². The highest BCUT2D eigenvalue weighted by molar-refractivity contribution is 5.81. The van der Waals surface area contributed by atoms with Crippen LogP contribution in [-0.4, -0.2) is 59.8 Å². The first-order chi connectivity index (χ1) is 9.92. The van der Waals surface area contributed by atoms with Gasteiger partial charge in [0.25, 0.3) is 0 Å². The second-order valence-electron chi connectivity index (χ2n) is 6.51. The molecule has 0 spiro atoms. The van der Waals surface area contributed by atoms with Crippen LogP contribution < -0.4 is 0 Å². The van der Waals surface area contributed by atoms with Crippen LogP contribution in [0.3, 0.4) is 0 Å². The molecule has 1 saturated heterocycles. The maximum absolute atomic E-state index is 12.4. The van der Waals surface area contributed by atoms with Crippen LogP contribution in [0.25, 0.3) is 0 Å². The van der Waals surface area contributed by atoms with Crippen molar-refractivity contribution in [2.24, 2.45) is 0 Å². The van der Waals surface area contributed by atoms with E-state index in [0.717, 1.165) is 19.9 Å². The Hall–Kier alpha value is -1.47. The molecule has 1 atom stereocenters. The molecule has 5 nitrogen and oxygen atoms in total. The lowest BCUT2D eigenvalue weighted by Crippen LogP contribution is -2.52. The van der Waals surface area contributed by atoms with E-state index < -0.39 is 29.8 Å². The van der Waals surface area contributed by atoms with Crippen LogP contribution in [0, 0.1) is 0 Å². The Bertz CT molecular complexity index is 419. The van der Waals surface area contributed by atoms with Gasteiger partial charge in [0.05, 0.1) is 6.04 Å². The van der Waals surface area contributed by atoms with Gasteiger partial charge in [0.1, 0.15) is 5.60 Å². The van der Waals surface area contributed by atoms with Crippen LogP contribution in [0.5, 0.6) is 0 Å². The molecular formula is C14H23F3N2O3. The quantitative estimate of drug-likeness (QED) is 0.785. The van der Waals surface area contributed by atoms with Crippen LogP contribution in [0.15, 0.2) is 0 Å². The van der Waals surface area contributed by atoms with Crippen molar-refractivity contribution in [1.29, 1.82) is 0 Å². The number of likely N-dealkylation sites (N-methyl/N-ethyl adjacent to an activating group) is 1. The lowest BCUT2D eigenvalue weighted by molar-refractivity contribution is -0.184. The molecule has 1 heterocycles. The van der Waals surface area contributed by atoms with Gasteiger partial charge >= 0.3 is 18.2 Å². The van der Waals surface area contributed by atoms with Crippen LogP contribution in [-0.2, 0) is 9.53 Å². The van der Waals surface area contributed by atoms with Gasteiger partial charge in [-0.05, 0) is 40.0 Å². The third kappa shape index (κ3) is 5.38. The summed E-state index contributed by atoms with van der Waals surface area (Å²) in [6.07, 6.45) is -3.33. The number of alkyl halides is 3. The van der Waals surface area contributed by atoms with Gasteiger partial charge in [0.15, 0.2) is 0 Å². The number of hydrogen-bond donors (Lipinski definition) is 0. The highest BCUT2D eigenvalue weighted by Gasteiger charge is 2.42. The number of amides is 2. The van der Waals surface area contributed by atoms with Gasteiger partial charge in [-0.3, -0.25) is 4.79 Å². The van der Waals surface area contributed by atoms with Crippen molar-refractivity contribution in [3.8, 4) is 0 Å². The summed E-state index contributed by atoms with van der Waals surface area (Å²) in [5.41, 5.74) is -0.674. The molecule has 1 unspecified atom stereocenters. The molecule has 1 aliphatic heterocycles. The summed E-state index contributed by atoms with van der Waals surface area (Å²) in [5, 5.41) is 0. The summed E-state index contributed by atoms with van der Waals surface area (Å²) in [6.45, 7) is 5.45. The first kappa shape index (κ1) is 18.6. The van der Waals surface area contributed by atoms with Crippen molar-refractivity contribution in [3.05, 3.63) is 0 Å². The fourth-order valence-electron chi connectivity index (χ4n) is 2.37. The van der Waals surface area contributed by atoms with Gasteiger partial charge in [0.2, 0.25) is 0 Å². The van der Waals surface area contributed by atoms with E-state index in [4.69, 9.17) is 4.74 Å². The number of nitrogens with zero attached hydrogens (tertiary/aromatic N) is 2. The average molecular weight is 324 g/mol. The monoisotopic (exact) mass is 324 g/mol. The van der Waals surface area contributed by atoms with Crippen molar-refractivity contribution in [3.63, 3.8) is 0 Å². The molecule has 0 bridgehead atoms. The van der Waals surface area contributed by atoms with Crippen molar-refractivity contribution < 1.29 is 27.5 Å². The number of ether oxygens (including phenoxy) is 1. The normalized spacial score (nSPS) is 19.8. The summed E-state index contributed by atoms with van der Waals surface area (Å²) in [7, 11) is 1.09. The number of hydrogen-bond acceptors (Lipinski definition) is 3. The predicted octanol–water partition coefficient (Wildman–Crippen LogP) is 2.80. The SMILES string of the molecule is CN(CC1CCCCN1C(=O)OC(C)(C)C)C(=O)C(F)(F)F. The molecule has 0 radical (unpaired) electrons. The lowest BCUT2D eigenvalue weighted by atomic mass is 10.0. The molecule has 1 rings (SSSR count). The Morgan fingerprint density at radius 2 is 1.82 bits per heavy atom. The molecule has 22 heavy (non-hydrogen) atoms. The Balaban J connectivity index is 2.73. The van der Waals surface area contributed by atoms with E-state index in [2.05, 4.69) is 0 Å². The van der Waals surface area contributed by atoms with Crippen molar-refractivity contribution in [2.75, 3.05) is 20.1 Å². The largest absolute Gasteiger partial charge is 0.471 e. The Kier molecular flexibility index (Phi) is 5.70. The predicted molar refractivity (Wildman–Crippen MR) is 74.3 cm³/mol. The molecular weight excluding hydrogens is 301 g/mol. The molecule has 1 fully saturated rings. The van der Waals surface area contributed by atoms with Gasteiger partial charge < -0.3 is 14.5 Å². The van der Waals surface area contributed by atoms with E-state index in [-0.39, 0.29) is 6.54 Å². The van der Waals surface area contributed by atoms with Crippen molar-refractivity contribution >= 4 is 12.0 Å². The fraction of sp³-hybridized carbons (Fsp3) is 0.857. The van der Waals surface area contributed by atoms with Gasteiger partial charge in [0, 0.05) is 20.1 Å². The number of rotatable bonds is 2. The highest BCUT2D eigenvalue weighted by atomic mass is 19.4. The maximum atomic E-state index is 12.4. The van der Waals surface area contributed by atoms with E-state index in [1.165, 1.54) is 4.90 Å². The number of piperidine rings is 1. The summed E-state index contributed by atoms with van der Waals surface area (Å²) >= 11 is 0. The Morgan fingerprint density at radius 3 is 2.32 bits per heavy atom. The molecule has 0 saturated carbocycles. The minimum absolute atomic E-state index is 0.155. The maximum Gasteiger partial charge on any atom is 0.471 e. The molecule has 0 aromatic heterocycles. The van der Waals surface area contributed by atoms with Crippen molar-refractivity contribution in [1.82, 2.24) is 9.80 Å². The fourth-order valence-corrected chi connectivity index (χ4v) is 2.37. The summed E-state index contributed by atoms with van der Waals surface area (Å²) < 4.78 is 42.6. The average Bonchev–Trinajstić information content (AvgIpc) is 2.35. The van der Waals surface area contributed by atoms with Gasteiger partial charge in [-0.2, -0.15) is 13.2 Å². The van der Waals surface area contributed by atoms with E-state index in [1.54, 1.807) is 20.8 Å². The Morgan fingerprint density at radius 1 is 1.23 bits per heavy atom. The lowest BCUT2D eigenvalue weighted by Gasteiger charge is -2.38. The van der Waals surface area contributed by atoms with Crippen molar-refractivity contribution in [2.45, 2.75) is 57.9 Å². The second kappa shape index (κ2) is 6.75. The van der Waals surface area contributed by atoms with Crippen LogP contribution in [0.1, 0.15) is 40.0 Å². The van der Waals surface area contributed by atoms with Gasteiger partial charge in [-0.1, -0.05) is 0 Å². The van der Waals surface area contributed by atoms with Crippen LogP contribution in [0.4, 0.5) is 18.0 Å². The summed E-state index contributed by atoms with van der Waals surface area (Å²) in [5.74, 6) is -1.90. The number of carbonyl (C=O) groups is 2. The standard InChI is InChI=1S/C14H23F3N2O3/c1-13(2,3)22-12(21)19-8-6-5-7-10(19)9-18(4)11(20)14(15,16)17/h10H,5-9H2,1-4H3. The molecule has 2 amide bonds. The van der Waals surface area contributed by atoms with E-state index in [9.17, 15) is 22.8 Å². The van der Waals surface area contributed by atoms with Gasteiger partial charge in [-0.15, -0.1) is 0 Å². The molecule has 1 aliphatic rings. The zero-order chi connectivity index (χ0) is 17.1. The van der Waals surface area contributed by atoms with E-state index in [1.807, 2.05) is 0 Å². The number of carbonyl (C=O) groups excluding carboxylic acids is 2. The third-order valence-corrected chi connectivity index (χ3v) is 3.33. The molecule has 0 aliphatic carbocycles. The topological polar surface area (TPSA) is 49.9 Å². The second-order valence-corrected chi connectivity index (χ2v) is 6.51. The molecule has 0 aromatic rings. The first-order valence-corrected chi connectivity index (χ1v) is 7.24. The first-order valence-electron chi connectivity index (χ1n) is 7.24. The van der Waals surface area contributed by atoms with Gasteiger partial charge in [-0.25, -0.2) is 4.79 Å². The number of halogens is 3. The van der Waals surface area contributed by atoms with Crippen LogP contribution in [0.2, 0.25) is 0 Å². The molecule has 8 heteroatoms. The minimum Gasteiger partial charge on any atom is -0.444 e. The molecule has 0 aromatic carbocycles. The summed E-state index contributed by atoms with van der Waals surface area (Å²) in [6, 6.07) is -0.458. The Labute approximate surface area is 128 Å². The minimum atomic E-state index is -4.90. The highest BCUT2D eigenvalue weighted by Crippen LogP contribution is 2.23. The third-order valence-electron chi connectivity index (χ3n) is 3.33. The molecule has 128 valence electrons. The smallest absolute Gasteiger partial charge is 0.444 e. The number of likely N-dealkylation sites (tertiary alicyclic amines) is 1. The van der Waals surface area contributed by atoms with E-state index >= 15 is 0 Å². The summed E-state index contributed by atoms with van der Waals surface area (Å²) in [4.78, 5) is 25.4. The molecule has 0 N–H and O–H groups in total. The van der Waals surface area contributed by atoms with E-state index in [0.29, 0.717) is 17.9 Å². The zero-order valence-electron chi connectivity index (χ0n) is 13.4. The zero-order valence-corrected chi connectivity index (χ0v) is 13.4.